The second-order valence-corrected chi connectivity index (χ2v) is 6.39. The van der Waals surface area contributed by atoms with Crippen LogP contribution in [0, 0.1) is 30.3 Å². The first-order chi connectivity index (χ1) is 13.6. The van der Waals surface area contributed by atoms with Crippen molar-refractivity contribution < 1.29 is 25.0 Å². The molecule has 0 saturated heterocycles. The lowest BCUT2D eigenvalue weighted by Gasteiger charge is -2.12. The summed E-state index contributed by atoms with van der Waals surface area (Å²) in [6, 6.07) is 1.51. The number of nitro benzene ring substituents is 3. The second kappa shape index (κ2) is 14.2. The summed E-state index contributed by atoms with van der Waals surface area (Å²) in [6.07, 6.45) is 7.52. The molecule has 0 spiro atoms. The van der Waals surface area contributed by atoms with Gasteiger partial charge >= 0.3 is 11.4 Å². The molecular formula is C17H28N4O8. The van der Waals surface area contributed by atoms with E-state index in [0.717, 1.165) is 13.0 Å². The molecule has 1 rings (SSSR count). The highest BCUT2D eigenvalue weighted by atomic mass is 16.6. The van der Waals surface area contributed by atoms with E-state index in [9.17, 15) is 30.3 Å². The fourth-order valence-corrected chi connectivity index (χ4v) is 2.38. The first-order valence-electron chi connectivity index (χ1n) is 9.30. The summed E-state index contributed by atoms with van der Waals surface area (Å²) in [7, 11) is 0. The minimum atomic E-state index is -1.21. The van der Waals surface area contributed by atoms with Crippen molar-refractivity contribution in [2.75, 3.05) is 13.2 Å². The van der Waals surface area contributed by atoms with Crippen LogP contribution in [0.3, 0.4) is 0 Å². The predicted octanol–water partition coefficient (Wildman–Crippen LogP) is 3.43. The summed E-state index contributed by atoms with van der Waals surface area (Å²) < 4.78 is 0. The molecule has 0 radical (unpaired) electrons. The van der Waals surface area contributed by atoms with Crippen LogP contribution in [0.1, 0.15) is 52.4 Å². The molecule has 12 heteroatoms. The van der Waals surface area contributed by atoms with Crippen molar-refractivity contribution in [2.45, 2.75) is 58.4 Å². The summed E-state index contributed by atoms with van der Waals surface area (Å²) in [6.45, 7) is 5.72. The van der Waals surface area contributed by atoms with Crippen molar-refractivity contribution in [2.24, 2.45) is 0 Å². The standard InChI is InChI=1S/C11H25NO.C6H3N3O7/c1-3-4-5-6-8-11(2)12-9-7-10-13;10-6-4(8(13)14)1-3(7(11)12)2-5(6)9(15)16/h11-13H,3-10H2,1-2H3;1-2,10H. The average molecular weight is 416 g/mol. The third-order valence-electron chi connectivity index (χ3n) is 3.98. The number of phenols is 1. The third kappa shape index (κ3) is 10.3. The number of benzene rings is 1. The lowest BCUT2D eigenvalue weighted by atomic mass is 10.1. The van der Waals surface area contributed by atoms with Gasteiger partial charge in [0.1, 0.15) is 0 Å². The predicted molar refractivity (Wildman–Crippen MR) is 106 cm³/mol. The fourth-order valence-electron chi connectivity index (χ4n) is 2.38. The van der Waals surface area contributed by atoms with E-state index in [4.69, 9.17) is 10.2 Å². The summed E-state index contributed by atoms with van der Waals surface area (Å²) in [5.74, 6) is -1.21. The zero-order valence-electron chi connectivity index (χ0n) is 16.6. The van der Waals surface area contributed by atoms with Crippen LogP contribution in [-0.4, -0.2) is 44.2 Å². The van der Waals surface area contributed by atoms with Gasteiger partial charge in [0.25, 0.3) is 11.4 Å². The Morgan fingerprint density at radius 1 is 0.966 bits per heavy atom. The average Bonchev–Trinajstić information content (AvgIpc) is 2.65. The maximum Gasteiger partial charge on any atom is 0.324 e. The first-order valence-corrected chi connectivity index (χ1v) is 9.30. The van der Waals surface area contributed by atoms with E-state index in [1.165, 1.54) is 32.1 Å². The molecule has 0 saturated carbocycles. The van der Waals surface area contributed by atoms with Gasteiger partial charge in [-0.2, -0.15) is 0 Å². The summed E-state index contributed by atoms with van der Waals surface area (Å²) in [5.41, 5.74) is -3.00. The van der Waals surface area contributed by atoms with Gasteiger partial charge in [0.2, 0.25) is 0 Å². The van der Waals surface area contributed by atoms with Gasteiger partial charge in [-0.3, -0.25) is 30.3 Å². The smallest absolute Gasteiger partial charge is 0.324 e. The molecule has 0 aliphatic heterocycles. The van der Waals surface area contributed by atoms with Crippen LogP contribution in [0.15, 0.2) is 12.1 Å². The van der Waals surface area contributed by atoms with Gasteiger partial charge in [-0.15, -0.1) is 0 Å². The third-order valence-corrected chi connectivity index (χ3v) is 3.98. The Morgan fingerprint density at radius 2 is 1.52 bits per heavy atom. The van der Waals surface area contributed by atoms with Gasteiger partial charge in [-0.05, 0) is 26.3 Å². The Balaban J connectivity index is 0.000000555. The van der Waals surface area contributed by atoms with Crippen LogP contribution < -0.4 is 5.32 Å². The zero-order chi connectivity index (χ0) is 22.4. The zero-order valence-corrected chi connectivity index (χ0v) is 16.6. The number of aromatic hydroxyl groups is 1. The number of rotatable bonds is 12. The molecule has 0 aliphatic rings. The molecule has 29 heavy (non-hydrogen) atoms. The van der Waals surface area contributed by atoms with Crippen LogP contribution in [0.2, 0.25) is 0 Å². The Kier molecular flexibility index (Phi) is 12.8. The SMILES string of the molecule is CCCCCCC(C)NCCCO.O=[N+]([O-])c1cc([N+](=O)[O-])c(O)c([N+](=O)[O-])c1. The van der Waals surface area contributed by atoms with Crippen molar-refractivity contribution in [1.82, 2.24) is 5.32 Å². The van der Waals surface area contributed by atoms with Crippen LogP contribution >= 0.6 is 0 Å². The van der Waals surface area contributed by atoms with Crippen molar-refractivity contribution in [3.63, 3.8) is 0 Å². The van der Waals surface area contributed by atoms with E-state index < -0.39 is 37.6 Å². The molecule has 3 N–H and O–H groups in total. The largest absolute Gasteiger partial charge is 0.497 e. The maximum absolute atomic E-state index is 10.4. The van der Waals surface area contributed by atoms with Crippen molar-refractivity contribution in [3.8, 4) is 5.75 Å². The van der Waals surface area contributed by atoms with E-state index in [-0.39, 0.29) is 0 Å². The molecule has 1 atom stereocenters. The minimum absolute atomic E-state index is 0.301. The van der Waals surface area contributed by atoms with Gasteiger partial charge in [-0.25, -0.2) is 0 Å². The number of aliphatic hydroxyl groups excluding tert-OH is 1. The molecular weight excluding hydrogens is 388 g/mol. The Hall–Kier alpha value is -2.86. The Morgan fingerprint density at radius 3 is 1.93 bits per heavy atom. The number of nitro groups is 3. The summed E-state index contributed by atoms with van der Waals surface area (Å²) in [4.78, 5) is 27.8. The van der Waals surface area contributed by atoms with E-state index in [2.05, 4.69) is 19.2 Å². The highest BCUT2D eigenvalue weighted by Crippen LogP contribution is 2.38. The fraction of sp³-hybridized carbons (Fsp3) is 0.647. The number of nitrogens with zero attached hydrogens (tertiary/aromatic N) is 3. The summed E-state index contributed by atoms with van der Waals surface area (Å²) in [5, 5.41) is 52.2. The van der Waals surface area contributed by atoms with E-state index >= 15 is 0 Å². The van der Waals surface area contributed by atoms with Crippen LogP contribution in [0.4, 0.5) is 17.1 Å². The van der Waals surface area contributed by atoms with E-state index in [0.29, 0.717) is 24.8 Å². The lowest BCUT2D eigenvalue weighted by molar-refractivity contribution is -0.404. The number of unbranched alkanes of at least 4 members (excludes halogenated alkanes) is 3. The monoisotopic (exact) mass is 416 g/mol. The van der Waals surface area contributed by atoms with Gasteiger partial charge in [0.15, 0.2) is 0 Å². The van der Waals surface area contributed by atoms with Gasteiger partial charge in [0.05, 0.1) is 26.9 Å². The van der Waals surface area contributed by atoms with Crippen LogP contribution in [0.5, 0.6) is 5.75 Å². The molecule has 0 bridgehead atoms. The van der Waals surface area contributed by atoms with Crippen molar-refractivity contribution in [1.29, 1.82) is 0 Å². The van der Waals surface area contributed by atoms with Crippen LogP contribution in [-0.2, 0) is 0 Å². The molecule has 0 aromatic heterocycles. The van der Waals surface area contributed by atoms with E-state index in [1.807, 2.05) is 0 Å². The molecule has 1 aromatic carbocycles. The molecule has 0 fully saturated rings. The number of aliphatic hydroxyl groups is 1. The number of phenolic OH excluding ortho intramolecular Hbond substituents is 1. The molecule has 0 aliphatic carbocycles. The number of hydrogen-bond acceptors (Lipinski definition) is 9. The quantitative estimate of drug-likeness (QED) is 0.261. The molecule has 1 aromatic rings. The first kappa shape index (κ1) is 26.1. The molecule has 12 nitrogen and oxygen atoms in total. The highest BCUT2D eigenvalue weighted by Gasteiger charge is 2.30. The Bertz CT molecular complexity index is 648. The van der Waals surface area contributed by atoms with Gasteiger partial charge < -0.3 is 15.5 Å². The summed E-state index contributed by atoms with van der Waals surface area (Å²) >= 11 is 0. The van der Waals surface area contributed by atoms with Crippen molar-refractivity contribution >= 4 is 17.1 Å². The lowest BCUT2D eigenvalue weighted by Crippen LogP contribution is -2.27. The Labute approximate surface area is 168 Å². The molecule has 0 heterocycles. The number of hydrogen-bond donors (Lipinski definition) is 3. The normalized spacial score (nSPS) is 11.3. The maximum atomic E-state index is 10.4. The van der Waals surface area contributed by atoms with Crippen molar-refractivity contribution in [3.05, 3.63) is 42.5 Å². The number of non-ortho nitro benzene ring substituents is 1. The van der Waals surface area contributed by atoms with Gasteiger partial charge in [-0.1, -0.05) is 32.6 Å². The highest BCUT2D eigenvalue weighted by molar-refractivity contribution is 5.64. The minimum Gasteiger partial charge on any atom is -0.497 e. The van der Waals surface area contributed by atoms with E-state index in [1.54, 1.807) is 0 Å². The molecule has 1 unspecified atom stereocenters. The number of nitrogens with one attached hydrogen (secondary N) is 1. The van der Waals surface area contributed by atoms with Crippen LogP contribution in [0.25, 0.3) is 0 Å². The topological polar surface area (TPSA) is 182 Å². The molecule has 0 amide bonds. The molecule has 164 valence electrons. The second-order valence-electron chi connectivity index (χ2n) is 6.39. The van der Waals surface area contributed by atoms with Gasteiger partial charge in [0, 0.05) is 12.6 Å².